The highest BCUT2D eigenvalue weighted by atomic mass is 32.1. The van der Waals surface area contributed by atoms with Crippen molar-refractivity contribution in [3.63, 3.8) is 0 Å². The minimum absolute atomic E-state index is 0.0167. The zero-order chi connectivity index (χ0) is 17.4. The van der Waals surface area contributed by atoms with Gasteiger partial charge < -0.3 is 15.0 Å². The van der Waals surface area contributed by atoms with Gasteiger partial charge in [0.15, 0.2) is 5.82 Å². The quantitative estimate of drug-likeness (QED) is 0.873. The molecule has 25 heavy (non-hydrogen) atoms. The molecule has 2 aromatic rings. The molecule has 1 amide bonds. The average molecular weight is 360 g/mol. The van der Waals surface area contributed by atoms with Crippen molar-refractivity contribution in [1.82, 2.24) is 20.3 Å². The maximum Gasteiger partial charge on any atom is 0.264 e. The highest BCUT2D eigenvalue weighted by Crippen LogP contribution is 2.40. The van der Waals surface area contributed by atoms with E-state index >= 15 is 0 Å². The summed E-state index contributed by atoms with van der Waals surface area (Å²) in [4.78, 5) is 35.8. The Kier molecular flexibility index (Phi) is 4.16. The second-order valence-electron chi connectivity index (χ2n) is 6.80. The summed E-state index contributed by atoms with van der Waals surface area (Å²) < 4.78 is 5.94. The molecule has 7 nitrogen and oxygen atoms in total. The Labute approximate surface area is 148 Å². The van der Waals surface area contributed by atoms with E-state index in [1.165, 1.54) is 30.4 Å². The van der Waals surface area contributed by atoms with E-state index in [2.05, 4.69) is 20.3 Å². The number of hydrogen-bond donors (Lipinski definition) is 2. The van der Waals surface area contributed by atoms with Crippen LogP contribution in [0.15, 0.2) is 16.4 Å². The van der Waals surface area contributed by atoms with Gasteiger partial charge >= 0.3 is 0 Å². The van der Waals surface area contributed by atoms with Gasteiger partial charge in [0.2, 0.25) is 0 Å². The van der Waals surface area contributed by atoms with Crippen molar-refractivity contribution in [3.05, 3.63) is 32.5 Å². The zero-order valence-corrected chi connectivity index (χ0v) is 14.8. The van der Waals surface area contributed by atoms with Crippen molar-refractivity contribution in [2.24, 2.45) is 0 Å². The van der Waals surface area contributed by atoms with E-state index in [9.17, 15) is 9.59 Å². The number of rotatable bonds is 3. The van der Waals surface area contributed by atoms with Gasteiger partial charge in [-0.3, -0.25) is 9.59 Å². The van der Waals surface area contributed by atoms with Crippen molar-refractivity contribution < 1.29 is 9.53 Å². The summed E-state index contributed by atoms with van der Waals surface area (Å²) in [6.45, 7) is 2.39. The standard InChI is InChI=1S/C17H20N4O3S/c1-10-19-13(9-25-10)14-18-7-12(16(23)21-14)15(22)20-11-6-17(24-8-11)4-2-3-5-17/h7,9,11H,2-6,8H2,1H3,(H,20,22)(H,18,21,23). The summed E-state index contributed by atoms with van der Waals surface area (Å²) in [6, 6.07) is -0.0501. The first-order chi connectivity index (χ1) is 12.0. The molecule has 3 heterocycles. The fourth-order valence-corrected chi connectivity index (χ4v) is 4.32. The van der Waals surface area contributed by atoms with E-state index in [4.69, 9.17) is 4.74 Å². The first-order valence-corrected chi connectivity index (χ1v) is 9.39. The van der Waals surface area contributed by atoms with Crippen LogP contribution in [0.25, 0.3) is 11.5 Å². The highest BCUT2D eigenvalue weighted by molar-refractivity contribution is 7.09. The van der Waals surface area contributed by atoms with Gasteiger partial charge in [-0.05, 0) is 26.2 Å². The number of aromatic nitrogens is 3. The van der Waals surface area contributed by atoms with Gasteiger partial charge in [0.25, 0.3) is 11.5 Å². The monoisotopic (exact) mass is 360 g/mol. The van der Waals surface area contributed by atoms with Crippen LogP contribution in [-0.2, 0) is 4.74 Å². The van der Waals surface area contributed by atoms with Crippen LogP contribution in [0.4, 0.5) is 0 Å². The molecule has 2 aliphatic rings. The summed E-state index contributed by atoms with van der Waals surface area (Å²) in [5.74, 6) is -0.0292. The molecule has 1 saturated heterocycles. The lowest BCUT2D eigenvalue weighted by atomic mass is 9.96. The lowest BCUT2D eigenvalue weighted by Crippen LogP contribution is -2.39. The fraction of sp³-hybridized carbons (Fsp3) is 0.529. The minimum Gasteiger partial charge on any atom is -0.373 e. The van der Waals surface area contributed by atoms with E-state index < -0.39 is 11.5 Å². The van der Waals surface area contributed by atoms with Crippen LogP contribution in [0.3, 0.4) is 0 Å². The second-order valence-corrected chi connectivity index (χ2v) is 7.86. The number of carbonyl (C=O) groups is 1. The van der Waals surface area contributed by atoms with Crippen LogP contribution in [0.1, 0.15) is 47.5 Å². The normalized spacial score (nSPS) is 21.7. The molecule has 0 bridgehead atoms. The number of amides is 1. The number of hydrogen-bond acceptors (Lipinski definition) is 6. The molecule has 1 aliphatic carbocycles. The Morgan fingerprint density at radius 2 is 2.24 bits per heavy atom. The Morgan fingerprint density at radius 1 is 1.44 bits per heavy atom. The summed E-state index contributed by atoms with van der Waals surface area (Å²) in [6.07, 6.45) is 6.62. The first kappa shape index (κ1) is 16.4. The minimum atomic E-state index is -0.456. The van der Waals surface area contributed by atoms with Gasteiger partial charge in [-0.15, -0.1) is 11.3 Å². The van der Waals surface area contributed by atoms with Gasteiger partial charge in [-0.2, -0.15) is 0 Å². The van der Waals surface area contributed by atoms with Crippen molar-refractivity contribution >= 4 is 17.2 Å². The largest absolute Gasteiger partial charge is 0.373 e. The number of carbonyl (C=O) groups excluding carboxylic acids is 1. The molecule has 1 spiro atoms. The molecule has 1 atom stereocenters. The van der Waals surface area contributed by atoms with Gasteiger partial charge in [0.1, 0.15) is 11.3 Å². The number of ether oxygens (including phenoxy) is 1. The number of aryl methyl sites for hydroxylation is 1. The molecule has 4 rings (SSSR count). The number of nitrogens with one attached hydrogen (secondary N) is 2. The molecule has 1 saturated carbocycles. The number of thiazole rings is 1. The summed E-state index contributed by atoms with van der Waals surface area (Å²) >= 11 is 1.48. The molecule has 8 heteroatoms. The Balaban J connectivity index is 1.46. The third-order valence-corrected chi connectivity index (χ3v) is 5.74. The summed E-state index contributed by atoms with van der Waals surface area (Å²) in [7, 11) is 0. The average Bonchev–Trinajstić information content (AvgIpc) is 3.31. The molecular formula is C17H20N4O3S. The Morgan fingerprint density at radius 3 is 2.92 bits per heavy atom. The van der Waals surface area contributed by atoms with E-state index in [0.29, 0.717) is 18.1 Å². The fourth-order valence-electron chi connectivity index (χ4n) is 3.73. The molecule has 2 N–H and O–H groups in total. The lowest BCUT2D eigenvalue weighted by molar-refractivity contribution is 0.00987. The first-order valence-electron chi connectivity index (χ1n) is 8.51. The van der Waals surface area contributed by atoms with Gasteiger partial charge in [-0.1, -0.05) is 12.8 Å². The Bertz CT molecular complexity index is 854. The van der Waals surface area contributed by atoms with Gasteiger partial charge in [0, 0.05) is 11.6 Å². The van der Waals surface area contributed by atoms with Crippen molar-refractivity contribution in [1.29, 1.82) is 0 Å². The third-order valence-electron chi connectivity index (χ3n) is 4.96. The smallest absolute Gasteiger partial charge is 0.264 e. The molecular weight excluding hydrogens is 340 g/mol. The van der Waals surface area contributed by atoms with Gasteiger partial charge in [0.05, 0.1) is 23.3 Å². The van der Waals surface area contributed by atoms with E-state index in [-0.39, 0.29) is 17.2 Å². The third kappa shape index (κ3) is 3.23. The molecule has 0 aromatic carbocycles. The molecule has 1 aliphatic heterocycles. The van der Waals surface area contributed by atoms with E-state index in [1.807, 2.05) is 12.3 Å². The second kappa shape index (κ2) is 6.34. The number of H-pyrrole nitrogens is 1. The lowest BCUT2D eigenvalue weighted by Gasteiger charge is -2.21. The topological polar surface area (TPSA) is 97.0 Å². The maximum atomic E-state index is 12.4. The molecule has 132 valence electrons. The SMILES string of the molecule is Cc1nc(-c2ncc(C(=O)NC3COC4(CCCC4)C3)c(=O)[nH]2)cs1. The molecule has 1 unspecified atom stereocenters. The Hall–Kier alpha value is -2.06. The predicted molar refractivity (Wildman–Crippen MR) is 93.7 cm³/mol. The van der Waals surface area contributed by atoms with E-state index in [0.717, 1.165) is 24.3 Å². The van der Waals surface area contributed by atoms with Crippen LogP contribution >= 0.6 is 11.3 Å². The van der Waals surface area contributed by atoms with Crippen LogP contribution in [0, 0.1) is 6.92 Å². The van der Waals surface area contributed by atoms with Crippen LogP contribution in [0.2, 0.25) is 0 Å². The predicted octanol–water partition coefficient (Wildman–Crippen LogP) is 2.03. The van der Waals surface area contributed by atoms with Crippen LogP contribution in [-0.4, -0.2) is 39.1 Å². The van der Waals surface area contributed by atoms with E-state index in [1.54, 1.807) is 0 Å². The molecule has 2 aromatic heterocycles. The number of aromatic amines is 1. The zero-order valence-electron chi connectivity index (χ0n) is 14.0. The summed E-state index contributed by atoms with van der Waals surface area (Å²) in [5, 5.41) is 5.63. The highest BCUT2D eigenvalue weighted by Gasteiger charge is 2.42. The number of nitrogens with zero attached hydrogens (tertiary/aromatic N) is 2. The van der Waals surface area contributed by atoms with Crippen LogP contribution in [0.5, 0.6) is 0 Å². The van der Waals surface area contributed by atoms with Crippen molar-refractivity contribution in [2.45, 2.75) is 50.7 Å². The molecule has 0 radical (unpaired) electrons. The maximum absolute atomic E-state index is 12.4. The summed E-state index contributed by atoms with van der Waals surface area (Å²) in [5.41, 5.74) is 0.110. The molecule has 2 fully saturated rings. The van der Waals surface area contributed by atoms with Crippen molar-refractivity contribution in [2.75, 3.05) is 6.61 Å². The van der Waals surface area contributed by atoms with Gasteiger partial charge in [-0.25, -0.2) is 9.97 Å². The van der Waals surface area contributed by atoms with Crippen LogP contribution < -0.4 is 10.9 Å². The van der Waals surface area contributed by atoms with Crippen molar-refractivity contribution in [3.8, 4) is 11.5 Å².